The van der Waals surface area contributed by atoms with E-state index in [1.54, 1.807) is 61.1 Å². The van der Waals surface area contributed by atoms with Gasteiger partial charge in [-0.1, -0.05) is 41.7 Å². The molecule has 0 spiro atoms. The Morgan fingerprint density at radius 3 is 2.39 bits per heavy atom. The van der Waals surface area contributed by atoms with Gasteiger partial charge >= 0.3 is 17.6 Å². The van der Waals surface area contributed by atoms with Crippen molar-refractivity contribution in [1.82, 2.24) is 14.3 Å². The van der Waals surface area contributed by atoms with Gasteiger partial charge in [-0.3, -0.25) is 19.5 Å². The number of esters is 2. The molecule has 1 atom stereocenters. The van der Waals surface area contributed by atoms with Crippen LogP contribution in [-0.2, 0) is 14.3 Å². The van der Waals surface area contributed by atoms with Crippen molar-refractivity contribution in [2.75, 3.05) is 20.8 Å². The first-order chi connectivity index (χ1) is 23.6. The minimum absolute atomic E-state index is 0.130. The van der Waals surface area contributed by atoms with Crippen LogP contribution < -0.4 is 19.6 Å². The zero-order valence-corrected chi connectivity index (χ0v) is 27.6. The molecule has 0 aliphatic carbocycles. The van der Waals surface area contributed by atoms with E-state index in [4.69, 9.17) is 19.3 Å². The fourth-order valence-corrected chi connectivity index (χ4v) is 6.62. The SMILES string of the molecule is CCOc1ccc(-c2nn(-c3ccccc3)cc2C=c2sc3n(c2=O)C(c2ccc(C(=O)OC)cc2)C(C(=O)OC)=C(C)N=3)cc1[N+](=O)[O-]. The van der Waals surface area contributed by atoms with E-state index >= 15 is 0 Å². The summed E-state index contributed by atoms with van der Waals surface area (Å²) in [5, 5.41) is 16.7. The highest BCUT2D eigenvalue weighted by atomic mass is 32.1. The zero-order valence-electron chi connectivity index (χ0n) is 26.8. The molecule has 3 heterocycles. The van der Waals surface area contributed by atoms with Crippen molar-refractivity contribution >= 4 is 35.0 Å². The number of aromatic nitrogens is 3. The Bertz CT molecular complexity index is 2320. The number of thiazole rings is 1. The molecule has 248 valence electrons. The molecule has 14 heteroatoms. The molecule has 0 saturated carbocycles. The number of ether oxygens (including phenoxy) is 3. The van der Waals surface area contributed by atoms with Crippen LogP contribution in [0, 0.1) is 10.1 Å². The summed E-state index contributed by atoms with van der Waals surface area (Å²) >= 11 is 1.12. The molecule has 2 aromatic heterocycles. The number of nitrogens with zero attached hydrogens (tertiary/aromatic N) is 5. The van der Waals surface area contributed by atoms with Crippen molar-refractivity contribution in [2.45, 2.75) is 19.9 Å². The Balaban J connectivity index is 1.56. The molecule has 0 N–H and O–H groups in total. The highest BCUT2D eigenvalue weighted by Gasteiger charge is 2.33. The summed E-state index contributed by atoms with van der Waals surface area (Å²) in [5.74, 6) is -1.05. The number of allylic oxidation sites excluding steroid dienone is 1. The molecule has 5 aromatic rings. The fraction of sp³-hybridized carbons (Fsp3) is 0.171. The van der Waals surface area contributed by atoms with Crippen LogP contribution in [-0.4, -0.2) is 52.0 Å². The first kappa shape index (κ1) is 32.8. The summed E-state index contributed by atoms with van der Waals surface area (Å²) in [7, 11) is 2.53. The lowest BCUT2D eigenvalue weighted by Crippen LogP contribution is -2.39. The predicted octanol–water partition coefficient (Wildman–Crippen LogP) is 4.35. The number of fused-ring (bicyclic) bond motifs is 1. The van der Waals surface area contributed by atoms with E-state index in [0.29, 0.717) is 38.4 Å². The fourth-order valence-electron chi connectivity index (χ4n) is 5.58. The molecule has 6 rings (SSSR count). The Hall–Kier alpha value is -6.15. The predicted molar refractivity (Wildman–Crippen MR) is 180 cm³/mol. The molecule has 13 nitrogen and oxygen atoms in total. The smallest absolute Gasteiger partial charge is 0.338 e. The van der Waals surface area contributed by atoms with Crippen LogP contribution in [0.2, 0.25) is 0 Å². The standard InChI is InChI=1S/C35H29N5O8S/c1-5-48-27-16-15-23(17-26(27)40(44)45)30-24(19-38(37-30)25-9-7-6-8-10-25)18-28-32(41)39-31(21-11-13-22(14-12-21)33(42)46-3)29(34(43)47-4)20(2)36-35(39)49-28/h6-19,31H,5H2,1-4H3. The van der Waals surface area contributed by atoms with Crippen molar-refractivity contribution in [3.05, 3.63) is 137 Å². The summed E-state index contributed by atoms with van der Waals surface area (Å²) in [6.07, 6.45) is 3.39. The quantitative estimate of drug-likeness (QED) is 0.125. The summed E-state index contributed by atoms with van der Waals surface area (Å²) in [5.41, 5.74) is 2.82. The molecule has 1 unspecified atom stereocenters. The van der Waals surface area contributed by atoms with Crippen molar-refractivity contribution in [1.29, 1.82) is 0 Å². The Morgan fingerprint density at radius 1 is 1.02 bits per heavy atom. The maximum Gasteiger partial charge on any atom is 0.338 e. The van der Waals surface area contributed by atoms with Crippen LogP contribution in [0.1, 0.15) is 41.4 Å². The summed E-state index contributed by atoms with van der Waals surface area (Å²) in [4.78, 5) is 55.8. The summed E-state index contributed by atoms with van der Waals surface area (Å²) < 4.78 is 18.7. The molecule has 3 aromatic carbocycles. The molecule has 1 aliphatic rings. The van der Waals surface area contributed by atoms with Gasteiger partial charge in [-0.25, -0.2) is 19.3 Å². The van der Waals surface area contributed by atoms with E-state index in [1.165, 1.54) is 30.9 Å². The average Bonchev–Trinajstić information content (AvgIpc) is 3.67. The van der Waals surface area contributed by atoms with Gasteiger partial charge in [0, 0.05) is 23.4 Å². The molecule has 0 bridgehead atoms. The van der Waals surface area contributed by atoms with E-state index in [-0.39, 0.29) is 28.1 Å². The highest BCUT2D eigenvalue weighted by molar-refractivity contribution is 7.07. The number of rotatable bonds is 9. The highest BCUT2D eigenvalue weighted by Crippen LogP contribution is 2.34. The van der Waals surface area contributed by atoms with Crippen LogP contribution in [0.4, 0.5) is 5.69 Å². The number of carbonyl (C=O) groups is 2. The molecular weight excluding hydrogens is 650 g/mol. The second kappa shape index (κ2) is 13.5. The largest absolute Gasteiger partial charge is 0.487 e. The number of hydrogen-bond acceptors (Lipinski definition) is 11. The van der Waals surface area contributed by atoms with Crippen LogP contribution in [0.3, 0.4) is 0 Å². The Morgan fingerprint density at radius 2 is 1.73 bits per heavy atom. The molecule has 0 saturated heterocycles. The molecule has 49 heavy (non-hydrogen) atoms. The first-order valence-electron chi connectivity index (χ1n) is 15.0. The summed E-state index contributed by atoms with van der Waals surface area (Å²) in [6, 6.07) is 19.4. The van der Waals surface area contributed by atoms with Gasteiger partial charge in [-0.2, -0.15) is 5.10 Å². The Kier molecular flexibility index (Phi) is 9.05. The normalized spacial score (nSPS) is 14.2. The lowest BCUT2D eigenvalue weighted by Gasteiger charge is -2.24. The van der Waals surface area contributed by atoms with Crippen molar-refractivity contribution in [3.8, 4) is 22.7 Å². The topological polar surface area (TPSA) is 157 Å². The van der Waals surface area contributed by atoms with Gasteiger partial charge in [-0.15, -0.1) is 0 Å². The van der Waals surface area contributed by atoms with Crippen LogP contribution >= 0.6 is 11.3 Å². The molecule has 1 aliphatic heterocycles. The molecule has 0 fully saturated rings. The minimum atomic E-state index is -0.905. The lowest BCUT2D eigenvalue weighted by atomic mass is 9.95. The number of para-hydroxylation sites is 1. The third kappa shape index (κ3) is 6.16. The number of nitro benzene ring substituents is 1. The van der Waals surface area contributed by atoms with Crippen LogP contribution in [0.25, 0.3) is 23.0 Å². The number of carbonyl (C=O) groups excluding carboxylic acids is 2. The lowest BCUT2D eigenvalue weighted by molar-refractivity contribution is -0.385. The van der Waals surface area contributed by atoms with Gasteiger partial charge in [0.2, 0.25) is 0 Å². The minimum Gasteiger partial charge on any atom is -0.487 e. The van der Waals surface area contributed by atoms with Crippen molar-refractivity contribution in [3.63, 3.8) is 0 Å². The van der Waals surface area contributed by atoms with Gasteiger partial charge < -0.3 is 14.2 Å². The molecular formula is C35H29N5O8S. The maximum absolute atomic E-state index is 14.3. The van der Waals surface area contributed by atoms with Gasteiger partial charge in [0.25, 0.3) is 5.56 Å². The molecule has 0 amide bonds. The third-order valence-corrected chi connectivity index (χ3v) is 8.84. The third-order valence-electron chi connectivity index (χ3n) is 7.85. The van der Waals surface area contributed by atoms with E-state index in [9.17, 15) is 24.5 Å². The average molecular weight is 680 g/mol. The van der Waals surface area contributed by atoms with Crippen molar-refractivity contribution in [2.24, 2.45) is 4.99 Å². The monoisotopic (exact) mass is 679 g/mol. The van der Waals surface area contributed by atoms with Crippen LogP contribution in [0.5, 0.6) is 5.75 Å². The number of nitro groups is 1. The van der Waals surface area contributed by atoms with E-state index in [2.05, 4.69) is 4.99 Å². The maximum atomic E-state index is 14.3. The number of benzene rings is 3. The van der Waals surface area contributed by atoms with Gasteiger partial charge in [0.05, 0.1) is 58.8 Å². The number of hydrogen-bond donors (Lipinski definition) is 0. The Labute approximate surface area is 282 Å². The second-order valence-electron chi connectivity index (χ2n) is 10.8. The van der Waals surface area contributed by atoms with Gasteiger partial charge in [0.1, 0.15) is 5.69 Å². The van der Waals surface area contributed by atoms with E-state index < -0.39 is 28.5 Å². The van der Waals surface area contributed by atoms with Gasteiger partial charge in [-0.05, 0) is 61.9 Å². The zero-order chi connectivity index (χ0) is 34.8. The first-order valence-corrected chi connectivity index (χ1v) is 15.8. The van der Waals surface area contributed by atoms with Crippen LogP contribution in [0.15, 0.2) is 100 Å². The van der Waals surface area contributed by atoms with E-state index in [1.807, 2.05) is 30.3 Å². The van der Waals surface area contributed by atoms with E-state index in [0.717, 1.165) is 17.0 Å². The van der Waals surface area contributed by atoms with Crippen molar-refractivity contribution < 1.29 is 28.7 Å². The number of methoxy groups -OCH3 is 2. The van der Waals surface area contributed by atoms with Gasteiger partial charge in [0.15, 0.2) is 10.6 Å². The second-order valence-corrected chi connectivity index (χ2v) is 11.8. The molecule has 0 radical (unpaired) electrons. The summed E-state index contributed by atoms with van der Waals surface area (Å²) in [6.45, 7) is 3.66.